The first-order valence-corrected chi connectivity index (χ1v) is 12.0. The Morgan fingerprint density at radius 2 is 1.85 bits per heavy atom. The summed E-state index contributed by atoms with van der Waals surface area (Å²) in [5.74, 6) is 0.918. The van der Waals surface area contributed by atoms with Crippen LogP contribution < -0.4 is 0 Å². The molecule has 4 fully saturated rings. The normalized spacial score (nSPS) is 27.8. The molecule has 0 bridgehead atoms. The summed E-state index contributed by atoms with van der Waals surface area (Å²) >= 11 is 6.40. The van der Waals surface area contributed by atoms with Crippen molar-refractivity contribution in [3.63, 3.8) is 0 Å². The minimum absolute atomic E-state index is 0.0721. The van der Waals surface area contributed by atoms with E-state index in [4.69, 9.17) is 11.6 Å². The Morgan fingerprint density at radius 3 is 2.52 bits per heavy atom. The molecule has 2 amide bonds. The number of rotatable bonds is 3. The van der Waals surface area contributed by atoms with Gasteiger partial charge in [-0.05, 0) is 74.0 Å². The van der Waals surface area contributed by atoms with Crippen LogP contribution in [0.1, 0.15) is 66.2 Å². The van der Waals surface area contributed by atoms with Gasteiger partial charge in [-0.3, -0.25) is 9.59 Å². The predicted octanol–water partition coefficient (Wildman–Crippen LogP) is 4.36. The van der Waals surface area contributed by atoms with Gasteiger partial charge in [0.05, 0.1) is 10.5 Å². The molecule has 0 spiro atoms. The SMILES string of the molecule is O=C(c1nn2c(C(F)(F)F)cc(C3CC3)cc2c1Cl)N1CCN(C2CCC3CC3C2)C(=O)C1. The molecule has 3 saturated carbocycles. The fourth-order valence-electron chi connectivity index (χ4n) is 5.63. The molecule has 1 aliphatic heterocycles. The number of alkyl halides is 3. The molecule has 3 atom stereocenters. The van der Waals surface area contributed by atoms with Crippen LogP contribution in [0.2, 0.25) is 5.02 Å². The predicted molar refractivity (Wildman–Crippen MR) is 114 cm³/mol. The fourth-order valence-corrected chi connectivity index (χ4v) is 5.89. The number of piperazine rings is 1. The van der Waals surface area contributed by atoms with Crippen molar-refractivity contribution in [2.75, 3.05) is 19.6 Å². The van der Waals surface area contributed by atoms with Crippen molar-refractivity contribution in [2.24, 2.45) is 11.8 Å². The zero-order valence-electron chi connectivity index (χ0n) is 17.9. The van der Waals surface area contributed by atoms with Gasteiger partial charge in [0.25, 0.3) is 5.91 Å². The van der Waals surface area contributed by atoms with E-state index in [0.29, 0.717) is 23.2 Å². The second-order valence-electron chi connectivity index (χ2n) is 9.94. The molecule has 2 aromatic heterocycles. The first-order chi connectivity index (χ1) is 15.7. The number of aromatic nitrogens is 2. The summed E-state index contributed by atoms with van der Waals surface area (Å²) in [5, 5.41) is 3.87. The third-order valence-electron chi connectivity index (χ3n) is 7.74. The van der Waals surface area contributed by atoms with Crippen LogP contribution in [0.5, 0.6) is 0 Å². The van der Waals surface area contributed by atoms with Crippen molar-refractivity contribution >= 4 is 28.9 Å². The van der Waals surface area contributed by atoms with Gasteiger partial charge in [0.15, 0.2) is 5.69 Å². The van der Waals surface area contributed by atoms with E-state index in [1.807, 2.05) is 4.90 Å². The summed E-state index contributed by atoms with van der Waals surface area (Å²) < 4.78 is 41.9. The lowest BCUT2D eigenvalue weighted by atomic mass is 9.93. The van der Waals surface area contributed by atoms with Gasteiger partial charge in [-0.2, -0.15) is 18.3 Å². The molecule has 3 aliphatic carbocycles. The largest absolute Gasteiger partial charge is 0.433 e. The van der Waals surface area contributed by atoms with Crippen LogP contribution >= 0.6 is 11.6 Å². The minimum atomic E-state index is -4.64. The molecule has 33 heavy (non-hydrogen) atoms. The van der Waals surface area contributed by atoms with Gasteiger partial charge < -0.3 is 9.80 Å². The quantitative estimate of drug-likeness (QED) is 0.656. The highest BCUT2D eigenvalue weighted by atomic mass is 35.5. The van der Waals surface area contributed by atoms with Crippen LogP contribution in [-0.2, 0) is 11.0 Å². The third kappa shape index (κ3) is 3.68. The first kappa shape index (κ1) is 21.3. The second kappa shape index (κ2) is 7.35. The lowest BCUT2D eigenvalue weighted by Gasteiger charge is -2.40. The maximum absolute atomic E-state index is 13.7. The number of carbonyl (C=O) groups is 2. The fraction of sp³-hybridized carbons (Fsp3) is 0.609. The highest BCUT2D eigenvalue weighted by Crippen LogP contribution is 2.50. The molecular weight excluding hydrogens is 457 g/mol. The van der Waals surface area contributed by atoms with Gasteiger partial charge >= 0.3 is 6.18 Å². The number of nitrogens with zero attached hydrogens (tertiary/aromatic N) is 4. The van der Waals surface area contributed by atoms with Gasteiger partial charge in [0.1, 0.15) is 12.2 Å². The molecule has 2 aromatic rings. The van der Waals surface area contributed by atoms with Crippen molar-refractivity contribution < 1.29 is 22.8 Å². The smallest absolute Gasteiger partial charge is 0.336 e. The van der Waals surface area contributed by atoms with Crippen molar-refractivity contribution in [3.05, 3.63) is 34.1 Å². The van der Waals surface area contributed by atoms with Crippen molar-refractivity contribution in [1.29, 1.82) is 0 Å². The zero-order chi connectivity index (χ0) is 23.1. The molecule has 4 aliphatic rings. The maximum atomic E-state index is 13.7. The van der Waals surface area contributed by atoms with Crippen molar-refractivity contribution in [3.8, 4) is 0 Å². The molecule has 3 unspecified atom stereocenters. The van der Waals surface area contributed by atoms with Gasteiger partial charge in [-0.1, -0.05) is 11.6 Å². The van der Waals surface area contributed by atoms with Crippen molar-refractivity contribution in [2.45, 2.75) is 56.7 Å². The minimum Gasteiger partial charge on any atom is -0.336 e. The lowest BCUT2D eigenvalue weighted by Crippen LogP contribution is -2.56. The van der Waals surface area contributed by atoms with Crippen LogP contribution in [0.25, 0.3) is 5.52 Å². The van der Waals surface area contributed by atoms with Crippen LogP contribution in [0, 0.1) is 11.8 Å². The van der Waals surface area contributed by atoms with Crippen LogP contribution in [-0.4, -0.2) is 56.9 Å². The van der Waals surface area contributed by atoms with Gasteiger partial charge in [0, 0.05) is 19.1 Å². The zero-order valence-corrected chi connectivity index (χ0v) is 18.7. The number of carbonyl (C=O) groups excluding carboxylic acids is 2. The number of pyridine rings is 1. The average molecular weight is 481 g/mol. The van der Waals surface area contributed by atoms with E-state index in [1.165, 1.54) is 11.3 Å². The Hall–Kier alpha value is -2.29. The number of amides is 2. The number of fused-ring (bicyclic) bond motifs is 2. The number of hydrogen-bond donors (Lipinski definition) is 0. The van der Waals surface area contributed by atoms with Gasteiger partial charge in [-0.25, -0.2) is 4.52 Å². The Bertz CT molecular complexity index is 1160. The van der Waals surface area contributed by atoms with E-state index in [2.05, 4.69) is 5.10 Å². The van der Waals surface area contributed by atoms with E-state index in [0.717, 1.165) is 50.0 Å². The molecule has 6 rings (SSSR count). The molecule has 3 heterocycles. The van der Waals surface area contributed by atoms with E-state index in [-0.39, 0.29) is 40.6 Å². The van der Waals surface area contributed by atoms with E-state index >= 15 is 0 Å². The van der Waals surface area contributed by atoms with Gasteiger partial charge in [0.2, 0.25) is 5.91 Å². The molecule has 0 aromatic carbocycles. The Labute approximate surface area is 193 Å². The summed E-state index contributed by atoms with van der Waals surface area (Å²) in [6, 6.07) is 2.92. The molecule has 1 saturated heterocycles. The molecule has 0 radical (unpaired) electrons. The summed E-state index contributed by atoms with van der Waals surface area (Å²) in [4.78, 5) is 29.3. The van der Waals surface area contributed by atoms with Crippen LogP contribution in [0.3, 0.4) is 0 Å². The average Bonchev–Trinajstić information content (AvgIpc) is 3.69. The Morgan fingerprint density at radius 1 is 1.06 bits per heavy atom. The lowest BCUT2D eigenvalue weighted by molar-refractivity contribution is -0.142. The third-order valence-corrected chi connectivity index (χ3v) is 8.11. The van der Waals surface area contributed by atoms with E-state index in [1.54, 1.807) is 6.07 Å². The Kier molecular flexibility index (Phi) is 4.74. The maximum Gasteiger partial charge on any atom is 0.433 e. The molecule has 176 valence electrons. The van der Waals surface area contributed by atoms with Gasteiger partial charge in [-0.15, -0.1) is 0 Å². The standard InChI is InChI=1S/C23H24ClF3N4O2/c24-20-17-9-15(12-1-2-12)10-18(23(25,26)27)31(17)28-21(20)22(33)29-5-6-30(19(32)11-29)16-4-3-13-7-14(13)8-16/h9-10,12-14,16H,1-8,11H2. The summed E-state index contributed by atoms with van der Waals surface area (Å²) in [7, 11) is 0. The van der Waals surface area contributed by atoms with Crippen LogP contribution in [0.15, 0.2) is 12.1 Å². The Balaban J connectivity index is 1.26. The molecule has 10 heteroatoms. The summed E-state index contributed by atoms with van der Waals surface area (Å²) in [6.45, 7) is 0.642. The molecule has 0 N–H and O–H groups in total. The second-order valence-corrected chi connectivity index (χ2v) is 10.3. The topological polar surface area (TPSA) is 57.9 Å². The number of hydrogen-bond acceptors (Lipinski definition) is 3. The molecule has 6 nitrogen and oxygen atoms in total. The summed E-state index contributed by atoms with van der Waals surface area (Å²) in [6.07, 6.45) is 1.48. The highest BCUT2D eigenvalue weighted by molar-refractivity contribution is 6.36. The highest BCUT2D eigenvalue weighted by Gasteiger charge is 2.45. The van der Waals surface area contributed by atoms with E-state index in [9.17, 15) is 22.8 Å². The van der Waals surface area contributed by atoms with Crippen molar-refractivity contribution in [1.82, 2.24) is 19.4 Å². The van der Waals surface area contributed by atoms with Crippen LogP contribution in [0.4, 0.5) is 13.2 Å². The monoisotopic (exact) mass is 480 g/mol. The first-order valence-electron chi connectivity index (χ1n) is 11.6. The van der Waals surface area contributed by atoms with E-state index < -0.39 is 17.8 Å². The molecular formula is C23H24ClF3N4O2. The summed E-state index contributed by atoms with van der Waals surface area (Å²) in [5.41, 5.74) is -0.554. The number of halogens is 4.